The summed E-state index contributed by atoms with van der Waals surface area (Å²) in [4.78, 5) is 4.08. The van der Waals surface area contributed by atoms with Crippen molar-refractivity contribution in [3.05, 3.63) is 42.2 Å². The third kappa shape index (κ3) is 3.13. The molecule has 0 aliphatic heterocycles. The number of hydrogen-bond acceptors (Lipinski definition) is 6. The zero-order valence-electron chi connectivity index (χ0n) is 12.7. The molecule has 1 aromatic heterocycles. The number of aromatic nitrogens is 1. The number of sulfonamides is 1. The molecule has 3 rings (SSSR count). The van der Waals surface area contributed by atoms with Gasteiger partial charge in [0.25, 0.3) is 10.0 Å². The average molecular weight is 368 g/mol. The molecular weight excluding hydrogens is 355 g/mol. The highest BCUT2D eigenvalue weighted by molar-refractivity contribution is 7.93. The fourth-order valence-corrected chi connectivity index (χ4v) is 4.42. The van der Waals surface area contributed by atoms with Crippen LogP contribution in [-0.4, -0.2) is 27.6 Å². The van der Waals surface area contributed by atoms with Gasteiger partial charge in [0.15, 0.2) is 5.13 Å². The van der Waals surface area contributed by atoms with Crippen molar-refractivity contribution in [2.45, 2.75) is 4.90 Å². The molecular formula is C15H13FN2O4S2. The van der Waals surface area contributed by atoms with Crippen molar-refractivity contribution in [1.82, 2.24) is 4.98 Å². The number of benzene rings is 2. The van der Waals surface area contributed by atoms with Crippen LogP contribution in [0.25, 0.3) is 10.2 Å². The highest BCUT2D eigenvalue weighted by atomic mass is 32.2. The predicted octanol–water partition coefficient (Wildman–Crippen LogP) is 3.25. The van der Waals surface area contributed by atoms with E-state index in [9.17, 15) is 12.8 Å². The van der Waals surface area contributed by atoms with Crippen LogP contribution in [0.4, 0.5) is 9.52 Å². The third-order valence-electron chi connectivity index (χ3n) is 3.23. The van der Waals surface area contributed by atoms with Crippen molar-refractivity contribution in [1.29, 1.82) is 0 Å². The molecule has 0 saturated heterocycles. The summed E-state index contributed by atoms with van der Waals surface area (Å²) in [5.74, 6) is 0.146. The second-order valence-corrected chi connectivity index (χ2v) is 7.43. The van der Waals surface area contributed by atoms with Gasteiger partial charge in [0.1, 0.15) is 22.2 Å². The van der Waals surface area contributed by atoms with Crippen LogP contribution in [0.5, 0.6) is 11.5 Å². The van der Waals surface area contributed by atoms with Gasteiger partial charge >= 0.3 is 0 Å². The number of nitrogens with zero attached hydrogens (tertiary/aromatic N) is 1. The summed E-state index contributed by atoms with van der Waals surface area (Å²) < 4.78 is 51.6. The van der Waals surface area contributed by atoms with Crippen LogP contribution in [0.1, 0.15) is 0 Å². The molecule has 0 spiro atoms. The number of thiazole rings is 1. The first kappa shape index (κ1) is 16.5. The Hall–Kier alpha value is -2.39. The number of halogens is 1. The van der Waals surface area contributed by atoms with Gasteiger partial charge in [-0.2, -0.15) is 0 Å². The van der Waals surface area contributed by atoms with E-state index in [0.717, 1.165) is 11.3 Å². The Labute approximate surface area is 141 Å². The van der Waals surface area contributed by atoms with Crippen molar-refractivity contribution >= 4 is 36.7 Å². The molecule has 126 valence electrons. The lowest BCUT2D eigenvalue weighted by molar-refractivity contribution is 0.392. The monoisotopic (exact) mass is 368 g/mol. The van der Waals surface area contributed by atoms with Crippen LogP contribution in [0.2, 0.25) is 0 Å². The van der Waals surface area contributed by atoms with E-state index in [2.05, 4.69) is 9.71 Å². The SMILES string of the molecule is COc1ccc(OC)c(S(=O)(=O)Nc2nc3ccc(F)cc3s2)c1. The van der Waals surface area contributed by atoms with Crippen molar-refractivity contribution in [2.75, 3.05) is 18.9 Å². The second kappa shape index (κ2) is 6.25. The van der Waals surface area contributed by atoms with Gasteiger partial charge in [0.2, 0.25) is 0 Å². The van der Waals surface area contributed by atoms with Gasteiger partial charge in [0.05, 0.1) is 24.4 Å². The Bertz CT molecular complexity index is 1000. The number of anilines is 1. The van der Waals surface area contributed by atoms with Crippen molar-refractivity contribution in [2.24, 2.45) is 0 Å². The molecule has 2 aromatic carbocycles. The number of nitrogens with one attached hydrogen (secondary N) is 1. The minimum absolute atomic E-state index is 0.0743. The maximum Gasteiger partial charge on any atom is 0.267 e. The topological polar surface area (TPSA) is 77.5 Å². The second-order valence-electron chi connectivity index (χ2n) is 4.75. The van der Waals surface area contributed by atoms with Crippen LogP contribution in [0.15, 0.2) is 41.3 Å². The lowest BCUT2D eigenvalue weighted by Gasteiger charge is -2.11. The number of hydrogen-bond donors (Lipinski definition) is 1. The summed E-state index contributed by atoms with van der Waals surface area (Å²) >= 11 is 1.04. The molecule has 0 radical (unpaired) electrons. The number of fused-ring (bicyclic) bond motifs is 1. The fraction of sp³-hybridized carbons (Fsp3) is 0.133. The lowest BCUT2D eigenvalue weighted by Crippen LogP contribution is -2.14. The predicted molar refractivity (Wildman–Crippen MR) is 89.9 cm³/mol. The van der Waals surface area contributed by atoms with E-state index in [1.165, 1.54) is 44.6 Å². The van der Waals surface area contributed by atoms with Gasteiger partial charge in [-0.05, 0) is 30.3 Å². The summed E-state index contributed by atoms with van der Waals surface area (Å²) in [7, 11) is -1.13. The minimum Gasteiger partial charge on any atom is -0.497 e. The van der Waals surface area contributed by atoms with Gasteiger partial charge in [0, 0.05) is 6.07 Å². The molecule has 24 heavy (non-hydrogen) atoms. The summed E-state index contributed by atoms with van der Waals surface area (Å²) in [6, 6.07) is 8.51. The van der Waals surface area contributed by atoms with Gasteiger partial charge in [-0.15, -0.1) is 0 Å². The van der Waals surface area contributed by atoms with Crippen molar-refractivity contribution < 1.29 is 22.3 Å². The van der Waals surface area contributed by atoms with Crippen LogP contribution in [0.3, 0.4) is 0 Å². The van der Waals surface area contributed by atoms with Crippen LogP contribution < -0.4 is 14.2 Å². The van der Waals surface area contributed by atoms with Crippen LogP contribution in [0, 0.1) is 5.82 Å². The Kier molecular flexibility index (Phi) is 4.29. The van der Waals surface area contributed by atoms with E-state index in [4.69, 9.17) is 9.47 Å². The molecule has 0 unspecified atom stereocenters. The highest BCUT2D eigenvalue weighted by Crippen LogP contribution is 2.32. The molecule has 0 fully saturated rings. The first-order chi connectivity index (χ1) is 11.4. The summed E-state index contributed by atoms with van der Waals surface area (Å²) in [6.45, 7) is 0. The van der Waals surface area contributed by atoms with Crippen molar-refractivity contribution in [3.63, 3.8) is 0 Å². The van der Waals surface area contributed by atoms with Crippen LogP contribution >= 0.6 is 11.3 Å². The summed E-state index contributed by atoms with van der Waals surface area (Å²) in [6.07, 6.45) is 0. The lowest BCUT2D eigenvalue weighted by atomic mass is 10.3. The smallest absolute Gasteiger partial charge is 0.267 e. The molecule has 1 heterocycles. The van der Waals surface area contributed by atoms with Crippen LogP contribution in [-0.2, 0) is 10.0 Å². The molecule has 1 N–H and O–H groups in total. The Morgan fingerprint density at radius 3 is 2.62 bits per heavy atom. The van der Waals surface area contributed by atoms with Gasteiger partial charge in [-0.3, -0.25) is 4.72 Å². The fourth-order valence-electron chi connectivity index (χ4n) is 2.11. The minimum atomic E-state index is -3.95. The van der Waals surface area contributed by atoms with E-state index in [-0.39, 0.29) is 15.8 Å². The average Bonchev–Trinajstić information content (AvgIpc) is 2.94. The summed E-state index contributed by atoms with van der Waals surface area (Å²) in [5, 5.41) is 0.139. The zero-order valence-corrected chi connectivity index (χ0v) is 14.4. The van der Waals surface area contributed by atoms with E-state index in [1.54, 1.807) is 6.07 Å². The Balaban J connectivity index is 2.01. The quantitative estimate of drug-likeness (QED) is 0.748. The molecule has 0 bridgehead atoms. The van der Waals surface area contributed by atoms with E-state index >= 15 is 0 Å². The standard InChI is InChI=1S/C15H13FN2O4S2/c1-21-10-4-6-12(22-2)14(8-10)24(19,20)18-15-17-11-5-3-9(16)7-13(11)23-15/h3-8H,1-2H3,(H,17,18). The molecule has 3 aromatic rings. The van der Waals surface area contributed by atoms with Crippen molar-refractivity contribution in [3.8, 4) is 11.5 Å². The zero-order chi connectivity index (χ0) is 17.3. The van der Waals surface area contributed by atoms with Gasteiger partial charge in [-0.1, -0.05) is 11.3 Å². The molecule has 0 saturated carbocycles. The maximum absolute atomic E-state index is 13.2. The first-order valence-corrected chi connectivity index (χ1v) is 9.04. The largest absolute Gasteiger partial charge is 0.497 e. The molecule has 9 heteroatoms. The number of rotatable bonds is 5. The molecule has 0 aliphatic carbocycles. The third-order valence-corrected chi connectivity index (χ3v) is 5.66. The molecule has 0 aliphatic rings. The first-order valence-electron chi connectivity index (χ1n) is 6.74. The van der Waals surface area contributed by atoms with E-state index < -0.39 is 15.8 Å². The molecule has 6 nitrogen and oxygen atoms in total. The maximum atomic E-state index is 13.2. The normalized spacial score (nSPS) is 11.5. The number of methoxy groups -OCH3 is 2. The number of ether oxygens (including phenoxy) is 2. The Morgan fingerprint density at radius 2 is 1.92 bits per heavy atom. The molecule has 0 amide bonds. The molecule has 0 atom stereocenters. The van der Waals surface area contributed by atoms with E-state index in [0.29, 0.717) is 16.0 Å². The van der Waals surface area contributed by atoms with Gasteiger partial charge in [-0.25, -0.2) is 17.8 Å². The highest BCUT2D eigenvalue weighted by Gasteiger charge is 2.22. The summed E-state index contributed by atoms with van der Waals surface area (Å²) in [5.41, 5.74) is 0.511. The van der Waals surface area contributed by atoms with E-state index in [1.807, 2.05) is 0 Å². The Morgan fingerprint density at radius 1 is 1.12 bits per heavy atom. The van der Waals surface area contributed by atoms with Gasteiger partial charge < -0.3 is 9.47 Å².